The highest BCUT2D eigenvalue weighted by Crippen LogP contribution is 2.38. The van der Waals surface area contributed by atoms with Crippen molar-refractivity contribution in [3.8, 4) is 5.75 Å². The summed E-state index contributed by atoms with van der Waals surface area (Å²) in [5, 5.41) is 12.9. The van der Waals surface area contributed by atoms with E-state index in [1.165, 1.54) is 0 Å². The molecule has 0 saturated carbocycles. The Morgan fingerprint density at radius 2 is 1.76 bits per heavy atom. The molecule has 1 atom stereocenters. The molecule has 9 heteroatoms. The van der Waals surface area contributed by atoms with E-state index in [2.05, 4.69) is 21.2 Å². The van der Waals surface area contributed by atoms with E-state index in [0.29, 0.717) is 26.2 Å². The second kappa shape index (κ2) is 9.05. The van der Waals surface area contributed by atoms with Crippen LogP contribution in [0, 0.1) is 5.82 Å². The van der Waals surface area contributed by atoms with Gasteiger partial charge in [-0.3, -0.25) is 4.90 Å². The average molecular weight is 412 g/mol. The quantitative estimate of drug-likeness (QED) is 0.800. The molecule has 1 fully saturated rings. The zero-order valence-electron chi connectivity index (χ0n) is 10.9. The Labute approximate surface area is 141 Å². The molecule has 0 spiro atoms. The Kier molecular flexibility index (Phi) is 8.96. The molecule has 122 valence electrons. The summed E-state index contributed by atoms with van der Waals surface area (Å²) in [5.74, 6) is -0.981. The monoisotopic (exact) mass is 410 g/mol. The maximum Gasteiger partial charge on any atom is 0.258 e. The Hall–Kier alpha value is -0.210. The molecule has 1 saturated heterocycles. The standard InChI is InChI=1S/C12H14BrF3N2O.2ClH/c13-9-6-7(14)5-8(11(9)19)10(12(15)16)18-3-1-17-2-4-18;;/h5-6,10,12,17,19H,1-4H2;2*1H/t10-;;/m1../s1. The lowest BCUT2D eigenvalue weighted by Gasteiger charge is -2.35. The molecule has 0 amide bonds. The molecule has 1 aliphatic heterocycles. The smallest absolute Gasteiger partial charge is 0.258 e. The van der Waals surface area contributed by atoms with Crippen LogP contribution in [0.15, 0.2) is 16.6 Å². The highest BCUT2D eigenvalue weighted by molar-refractivity contribution is 9.10. The minimum absolute atomic E-state index is 0. The van der Waals surface area contributed by atoms with E-state index in [-0.39, 0.29) is 40.6 Å². The number of aromatic hydroxyl groups is 1. The number of alkyl halides is 2. The minimum Gasteiger partial charge on any atom is -0.506 e. The molecule has 1 aromatic rings. The predicted octanol–water partition coefficient (Wildman–Crippen LogP) is 3.35. The van der Waals surface area contributed by atoms with Crippen molar-refractivity contribution in [3.63, 3.8) is 0 Å². The van der Waals surface area contributed by atoms with Gasteiger partial charge in [0, 0.05) is 31.7 Å². The SMILES string of the molecule is Cl.Cl.Oc1c(Br)cc(F)cc1[C@H](C(F)F)N1CCNCC1. The highest BCUT2D eigenvalue weighted by atomic mass is 79.9. The lowest BCUT2D eigenvalue weighted by Crippen LogP contribution is -2.46. The largest absolute Gasteiger partial charge is 0.506 e. The highest BCUT2D eigenvalue weighted by Gasteiger charge is 2.33. The first-order valence-corrected chi connectivity index (χ1v) is 6.71. The maximum absolute atomic E-state index is 13.4. The summed E-state index contributed by atoms with van der Waals surface area (Å²) >= 11 is 2.97. The van der Waals surface area contributed by atoms with E-state index in [9.17, 15) is 18.3 Å². The molecule has 0 aliphatic carbocycles. The molecule has 0 bridgehead atoms. The van der Waals surface area contributed by atoms with Gasteiger partial charge in [-0.25, -0.2) is 13.2 Å². The van der Waals surface area contributed by atoms with Crippen molar-refractivity contribution in [3.05, 3.63) is 28.0 Å². The third-order valence-electron chi connectivity index (χ3n) is 3.16. The van der Waals surface area contributed by atoms with E-state index < -0.39 is 18.3 Å². The average Bonchev–Trinajstić information content (AvgIpc) is 2.36. The van der Waals surface area contributed by atoms with Gasteiger partial charge in [0.1, 0.15) is 17.6 Å². The minimum atomic E-state index is -2.70. The summed E-state index contributed by atoms with van der Waals surface area (Å²) in [5.41, 5.74) is -0.0798. The Balaban J connectivity index is 0.00000200. The zero-order chi connectivity index (χ0) is 14.0. The second-order valence-corrected chi connectivity index (χ2v) is 5.25. The first-order valence-electron chi connectivity index (χ1n) is 5.91. The van der Waals surface area contributed by atoms with Gasteiger partial charge in [-0.15, -0.1) is 24.8 Å². The third-order valence-corrected chi connectivity index (χ3v) is 3.76. The Morgan fingerprint density at radius 1 is 1.19 bits per heavy atom. The molecule has 1 aliphatic rings. The fourth-order valence-electron chi connectivity index (χ4n) is 2.26. The van der Waals surface area contributed by atoms with Crippen molar-refractivity contribution in [2.45, 2.75) is 12.5 Å². The predicted molar refractivity (Wildman–Crippen MR) is 83.4 cm³/mol. The lowest BCUT2D eigenvalue weighted by atomic mass is 10.0. The number of hydrogen-bond donors (Lipinski definition) is 2. The van der Waals surface area contributed by atoms with Crippen molar-refractivity contribution in [2.75, 3.05) is 26.2 Å². The van der Waals surface area contributed by atoms with E-state index in [1.807, 2.05) is 0 Å². The number of benzene rings is 1. The van der Waals surface area contributed by atoms with Crippen molar-refractivity contribution in [2.24, 2.45) is 0 Å². The number of nitrogens with zero attached hydrogens (tertiary/aromatic N) is 1. The first kappa shape index (κ1) is 20.8. The zero-order valence-corrected chi connectivity index (χ0v) is 14.1. The molecule has 0 aromatic heterocycles. The molecule has 1 aromatic carbocycles. The fraction of sp³-hybridized carbons (Fsp3) is 0.500. The Bertz CT molecular complexity index is 462. The normalized spacial score (nSPS) is 17.0. The summed E-state index contributed by atoms with van der Waals surface area (Å²) in [7, 11) is 0. The molecule has 21 heavy (non-hydrogen) atoms. The van der Waals surface area contributed by atoms with E-state index >= 15 is 0 Å². The van der Waals surface area contributed by atoms with Crippen LogP contribution in [0.2, 0.25) is 0 Å². The van der Waals surface area contributed by atoms with Crippen LogP contribution in [0.5, 0.6) is 5.75 Å². The van der Waals surface area contributed by atoms with Gasteiger partial charge < -0.3 is 10.4 Å². The molecular weight excluding hydrogens is 396 g/mol. The van der Waals surface area contributed by atoms with Crippen LogP contribution in [-0.4, -0.2) is 42.6 Å². The van der Waals surface area contributed by atoms with Crippen LogP contribution in [0.4, 0.5) is 13.2 Å². The van der Waals surface area contributed by atoms with Crippen LogP contribution in [0.3, 0.4) is 0 Å². The van der Waals surface area contributed by atoms with Crippen molar-refractivity contribution in [1.82, 2.24) is 10.2 Å². The van der Waals surface area contributed by atoms with Gasteiger partial charge in [0.15, 0.2) is 0 Å². The van der Waals surface area contributed by atoms with E-state index in [1.54, 1.807) is 4.90 Å². The van der Waals surface area contributed by atoms with Gasteiger partial charge in [-0.05, 0) is 28.1 Å². The molecule has 0 radical (unpaired) electrons. The molecule has 1 heterocycles. The Morgan fingerprint density at radius 3 is 2.29 bits per heavy atom. The molecule has 2 N–H and O–H groups in total. The van der Waals surface area contributed by atoms with Gasteiger partial charge in [0.2, 0.25) is 0 Å². The second-order valence-electron chi connectivity index (χ2n) is 4.39. The van der Waals surface area contributed by atoms with Crippen LogP contribution < -0.4 is 5.32 Å². The number of piperazine rings is 1. The van der Waals surface area contributed by atoms with Crippen LogP contribution in [-0.2, 0) is 0 Å². The molecular formula is C12H16BrCl2F3N2O. The van der Waals surface area contributed by atoms with Crippen molar-refractivity contribution >= 4 is 40.7 Å². The number of phenolic OH excluding ortho intramolecular Hbond substituents is 1. The summed E-state index contributed by atoms with van der Waals surface area (Å²) < 4.78 is 40.1. The third kappa shape index (κ3) is 4.89. The molecule has 3 nitrogen and oxygen atoms in total. The summed E-state index contributed by atoms with van der Waals surface area (Å²) in [6.07, 6.45) is -2.70. The topological polar surface area (TPSA) is 35.5 Å². The van der Waals surface area contributed by atoms with E-state index in [4.69, 9.17) is 0 Å². The number of phenols is 1. The van der Waals surface area contributed by atoms with Gasteiger partial charge in [-0.2, -0.15) is 0 Å². The number of halogens is 6. The lowest BCUT2D eigenvalue weighted by molar-refractivity contribution is 0.0168. The number of hydrogen-bond acceptors (Lipinski definition) is 3. The maximum atomic E-state index is 13.4. The van der Waals surface area contributed by atoms with Gasteiger partial charge >= 0.3 is 0 Å². The number of rotatable bonds is 3. The van der Waals surface area contributed by atoms with Gasteiger partial charge in [0.05, 0.1) is 4.47 Å². The van der Waals surface area contributed by atoms with Gasteiger partial charge in [0.25, 0.3) is 6.43 Å². The van der Waals surface area contributed by atoms with Gasteiger partial charge in [-0.1, -0.05) is 0 Å². The molecule has 2 rings (SSSR count). The summed E-state index contributed by atoms with van der Waals surface area (Å²) in [6, 6.07) is 0.729. The summed E-state index contributed by atoms with van der Waals surface area (Å²) in [4.78, 5) is 1.56. The first-order chi connectivity index (χ1) is 9.00. The van der Waals surface area contributed by atoms with Crippen molar-refractivity contribution < 1.29 is 18.3 Å². The van der Waals surface area contributed by atoms with Crippen LogP contribution >= 0.6 is 40.7 Å². The number of nitrogens with one attached hydrogen (secondary N) is 1. The van der Waals surface area contributed by atoms with Crippen LogP contribution in [0.1, 0.15) is 11.6 Å². The fourth-order valence-corrected chi connectivity index (χ4v) is 2.71. The van der Waals surface area contributed by atoms with E-state index in [0.717, 1.165) is 12.1 Å². The summed E-state index contributed by atoms with van der Waals surface area (Å²) in [6.45, 7) is 2.06. The van der Waals surface area contributed by atoms with Crippen LogP contribution in [0.25, 0.3) is 0 Å². The van der Waals surface area contributed by atoms with Crippen molar-refractivity contribution in [1.29, 1.82) is 0 Å². The molecule has 0 unspecified atom stereocenters.